The molecule has 3 rings (SSSR count). The molecular formula is C19H18N2O4. The van der Waals surface area contributed by atoms with Crippen LogP contribution in [0.4, 0.5) is 5.69 Å². The third-order valence-electron chi connectivity index (χ3n) is 3.93. The molecule has 2 aromatic carbocycles. The molecule has 0 saturated heterocycles. The number of fused-ring (bicyclic) bond motifs is 1. The third-order valence-corrected chi connectivity index (χ3v) is 3.93. The van der Waals surface area contributed by atoms with E-state index in [1.165, 1.54) is 14.2 Å². The van der Waals surface area contributed by atoms with E-state index in [-0.39, 0.29) is 11.5 Å². The fourth-order valence-electron chi connectivity index (χ4n) is 2.70. The highest BCUT2D eigenvalue weighted by atomic mass is 16.5. The Balaban J connectivity index is 1.96. The van der Waals surface area contributed by atoms with Gasteiger partial charge in [0.15, 0.2) is 6.10 Å². The van der Waals surface area contributed by atoms with Crippen molar-refractivity contribution in [3.05, 3.63) is 70.6 Å². The molecule has 0 aliphatic rings. The number of amides is 1. The number of aromatic nitrogens is 1. The van der Waals surface area contributed by atoms with Crippen LogP contribution in [0, 0.1) is 0 Å². The summed E-state index contributed by atoms with van der Waals surface area (Å²) in [4.78, 5) is 27.2. The van der Waals surface area contributed by atoms with Crippen LogP contribution in [0.1, 0.15) is 11.7 Å². The number of pyridine rings is 1. The molecule has 0 aliphatic heterocycles. The number of rotatable bonds is 5. The van der Waals surface area contributed by atoms with Crippen molar-refractivity contribution in [3.63, 3.8) is 0 Å². The van der Waals surface area contributed by atoms with Crippen molar-refractivity contribution in [1.82, 2.24) is 4.98 Å². The minimum absolute atomic E-state index is 0.215. The average molecular weight is 338 g/mol. The Morgan fingerprint density at radius 2 is 1.88 bits per heavy atom. The summed E-state index contributed by atoms with van der Waals surface area (Å²) in [5, 5.41) is 4.01. The summed E-state index contributed by atoms with van der Waals surface area (Å²) >= 11 is 0. The van der Waals surface area contributed by atoms with E-state index >= 15 is 0 Å². The molecule has 0 radical (unpaired) electrons. The van der Waals surface area contributed by atoms with Crippen molar-refractivity contribution in [2.75, 3.05) is 19.5 Å². The summed E-state index contributed by atoms with van der Waals surface area (Å²) in [6.07, 6.45) is 0.811. The topological polar surface area (TPSA) is 80.4 Å². The van der Waals surface area contributed by atoms with Crippen LogP contribution in [0.2, 0.25) is 0 Å². The second-order valence-electron chi connectivity index (χ2n) is 5.46. The van der Waals surface area contributed by atoms with Crippen LogP contribution in [0.25, 0.3) is 10.8 Å². The van der Waals surface area contributed by atoms with Crippen molar-refractivity contribution in [2.24, 2.45) is 0 Å². The zero-order chi connectivity index (χ0) is 17.8. The minimum Gasteiger partial charge on any atom is -0.495 e. The SMILES string of the molecule is COc1cc2c(=O)[nH]ccc2cc1NC(=O)[C@@H](OC)c1ccccc1. The fraction of sp³-hybridized carbons (Fsp3) is 0.158. The number of hydrogen-bond acceptors (Lipinski definition) is 4. The molecule has 0 aliphatic carbocycles. The summed E-state index contributed by atoms with van der Waals surface area (Å²) in [6, 6.07) is 14.3. The smallest absolute Gasteiger partial charge is 0.258 e. The second-order valence-corrected chi connectivity index (χ2v) is 5.46. The quantitative estimate of drug-likeness (QED) is 0.750. The Bertz CT molecular complexity index is 951. The van der Waals surface area contributed by atoms with Crippen LogP contribution in [-0.2, 0) is 9.53 Å². The van der Waals surface area contributed by atoms with Gasteiger partial charge in [-0.2, -0.15) is 0 Å². The van der Waals surface area contributed by atoms with Crippen LogP contribution < -0.4 is 15.6 Å². The average Bonchev–Trinajstić information content (AvgIpc) is 2.63. The Morgan fingerprint density at radius 1 is 1.12 bits per heavy atom. The third kappa shape index (κ3) is 3.39. The molecule has 6 heteroatoms. The Morgan fingerprint density at radius 3 is 2.56 bits per heavy atom. The number of nitrogens with one attached hydrogen (secondary N) is 2. The van der Waals surface area contributed by atoms with Crippen LogP contribution in [-0.4, -0.2) is 25.1 Å². The van der Waals surface area contributed by atoms with Crippen LogP contribution in [0.5, 0.6) is 5.75 Å². The molecule has 0 unspecified atom stereocenters. The highest BCUT2D eigenvalue weighted by molar-refractivity contribution is 5.99. The molecule has 128 valence electrons. The Hall–Kier alpha value is -3.12. The molecule has 2 N–H and O–H groups in total. The van der Waals surface area contributed by atoms with E-state index in [0.717, 1.165) is 5.56 Å². The van der Waals surface area contributed by atoms with Gasteiger partial charge in [0, 0.05) is 13.3 Å². The number of benzene rings is 2. The van der Waals surface area contributed by atoms with Gasteiger partial charge >= 0.3 is 0 Å². The lowest BCUT2D eigenvalue weighted by atomic mass is 10.1. The first-order valence-electron chi connectivity index (χ1n) is 7.72. The summed E-state index contributed by atoms with van der Waals surface area (Å²) in [6.45, 7) is 0. The first-order chi connectivity index (χ1) is 12.1. The molecule has 1 amide bonds. The number of carbonyl (C=O) groups is 1. The van der Waals surface area contributed by atoms with E-state index in [9.17, 15) is 9.59 Å². The molecule has 0 bridgehead atoms. The molecule has 25 heavy (non-hydrogen) atoms. The maximum absolute atomic E-state index is 12.7. The van der Waals surface area contributed by atoms with E-state index < -0.39 is 6.10 Å². The van der Waals surface area contributed by atoms with Gasteiger partial charge in [-0.3, -0.25) is 9.59 Å². The predicted molar refractivity (Wildman–Crippen MR) is 95.9 cm³/mol. The normalized spacial score (nSPS) is 11.9. The predicted octanol–water partition coefficient (Wildman–Crippen LogP) is 2.86. The Kier molecular flexibility index (Phi) is 4.81. The lowest BCUT2D eigenvalue weighted by Gasteiger charge is -2.17. The number of aromatic amines is 1. The van der Waals surface area contributed by atoms with Crippen molar-refractivity contribution in [3.8, 4) is 5.75 Å². The summed E-state index contributed by atoms with van der Waals surface area (Å²) in [5.41, 5.74) is 1.01. The number of hydrogen-bond donors (Lipinski definition) is 2. The first kappa shape index (κ1) is 16.7. The maximum atomic E-state index is 12.7. The molecular weight excluding hydrogens is 320 g/mol. The molecule has 0 saturated carbocycles. The zero-order valence-electron chi connectivity index (χ0n) is 13.9. The molecule has 0 spiro atoms. The van der Waals surface area contributed by atoms with E-state index in [0.29, 0.717) is 22.2 Å². The molecule has 1 aromatic heterocycles. The van der Waals surface area contributed by atoms with Gasteiger partial charge in [-0.25, -0.2) is 0 Å². The fourth-order valence-corrected chi connectivity index (χ4v) is 2.70. The largest absolute Gasteiger partial charge is 0.495 e. The molecule has 1 atom stereocenters. The van der Waals surface area contributed by atoms with Gasteiger partial charge in [0.2, 0.25) is 0 Å². The Labute approximate surface area is 144 Å². The minimum atomic E-state index is -0.749. The molecule has 6 nitrogen and oxygen atoms in total. The summed E-state index contributed by atoms with van der Waals surface area (Å²) in [7, 11) is 2.97. The van der Waals surface area contributed by atoms with Crippen molar-refractivity contribution >= 4 is 22.4 Å². The number of H-pyrrole nitrogens is 1. The highest BCUT2D eigenvalue weighted by Gasteiger charge is 2.21. The molecule has 3 aromatic rings. The highest BCUT2D eigenvalue weighted by Crippen LogP contribution is 2.30. The van der Waals surface area contributed by atoms with Gasteiger partial charge < -0.3 is 19.8 Å². The van der Waals surface area contributed by atoms with Gasteiger partial charge in [0.25, 0.3) is 11.5 Å². The maximum Gasteiger partial charge on any atom is 0.258 e. The number of carbonyl (C=O) groups excluding carboxylic acids is 1. The zero-order valence-corrected chi connectivity index (χ0v) is 13.9. The van der Waals surface area contributed by atoms with Gasteiger partial charge in [-0.1, -0.05) is 30.3 Å². The van der Waals surface area contributed by atoms with E-state index in [2.05, 4.69) is 10.3 Å². The molecule has 1 heterocycles. The number of anilines is 1. The monoisotopic (exact) mass is 338 g/mol. The van der Waals surface area contributed by atoms with E-state index in [1.807, 2.05) is 30.3 Å². The van der Waals surface area contributed by atoms with Crippen molar-refractivity contribution in [1.29, 1.82) is 0 Å². The van der Waals surface area contributed by atoms with Gasteiger partial charge in [0.05, 0.1) is 18.2 Å². The summed E-state index contributed by atoms with van der Waals surface area (Å²) in [5.74, 6) is 0.0802. The van der Waals surface area contributed by atoms with E-state index in [1.54, 1.807) is 24.4 Å². The van der Waals surface area contributed by atoms with Gasteiger partial charge in [-0.05, 0) is 29.1 Å². The van der Waals surface area contributed by atoms with Crippen LogP contribution in [0.15, 0.2) is 59.5 Å². The standard InChI is InChI=1S/C19H18N2O4/c1-24-16-11-14-13(8-9-20-18(14)22)10-15(16)21-19(23)17(25-2)12-6-4-3-5-7-12/h3-11,17H,1-2H3,(H,20,22)(H,21,23)/t17-/m0/s1. The lowest BCUT2D eigenvalue weighted by Crippen LogP contribution is -2.23. The number of ether oxygens (including phenoxy) is 2. The van der Waals surface area contributed by atoms with Gasteiger partial charge in [0.1, 0.15) is 5.75 Å². The number of methoxy groups -OCH3 is 2. The van der Waals surface area contributed by atoms with Crippen LogP contribution >= 0.6 is 0 Å². The second kappa shape index (κ2) is 7.19. The van der Waals surface area contributed by atoms with Gasteiger partial charge in [-0.15, -0.1) is 0 Å². The van der Waals surface area contributed by atoms with Crippen molar-refractivity contribution < 1.29 is 14.3 Å². The molecule has 0 fully saturated rings. The van der Waals surface area contributed by atoms with E-state index in [4.69, 9.17) is 9.47 Å². The summed E-state index contributed by atoms with van der Waals surface area (Å²) < 4.78 is 10.7. The van der Waals surface area contributed by atoms with Crippen molar-refractivity contribution in [2.45, 2.75) is 6.10 Å². The van der Waals surface area contributed by atoms with Crippen LogP contribution in [0.3, 0.4) is 0 Å². The first-order valence-corrected chi connectivity index (χ1v) is 7.72. The lowest BCUT2D eigenvalue weighted by molar-refractivity contribution is -0.126.